The van der Waals surface area contributed by atoms with Crippen LogP contribution in [0.15, 0.2) is 42.5 Å². The van der Waals surface area contributed by atoms with Gasteiger partial charge in [0.2, 0.25) is 0 Å². The summed E-state index contributed by atoms with van der Waals surface area (Å²) in [6.45, 7) is 4.10. The van der Waals surface area contributed by atoms with E-state index in [0.29, 0.717) is 29.7 Å². The first-order valence-corrected chi connectivity index (χ1v) is 8.69. The lowest BCUT2D eigenvalue weighted by molar-refractivity contribution is -0.119. The quantitative estimate of drug-likeness (QED) is 0.689. The average molecular weight is 341 g/mol. The number of aromatic hydroxyl groups is 1. The molecule has 0 aliphatic rings. The van der Waals surface area contributed by atoms with Crippen LogP contribution in [0.4, 0.5) is 0 Å². The summed E-state index contributed by atoms with van der Waals surface area (Å²) in [6.07, 6.45) is 1.07. The van der Waals surface area contributed by atoms with Crippen LogP contribution in [-0.4, -0.2) is 15.9 Å². The molecule has 0 fully saturated rings. The number of phenolic OH excluding ortho intramolecular Hbond substituents is 1. The second-order valence-corrected chi connectivity index (χ2v) is 7.18. The van der Waals surface area contributed by atoms with E-state index < -0.39 is 0 Å². The molecule has 2 aromatic carbocycles. The molecule has 0 aliphatic carbocycles. The van der Waals surface area contributed by atoms with E-state index in [1.807, 2.05) is 38.1 Å². The van der Waals surface area contributed by atoms with E-state index in [2.05, 4.69) is 4.98 Å². The van der Waals surface area contributed by atoms with E-state index in [9.17, 15) is 9.90 Å². The molecule has 24 heavy (non-hydrogen) atoms. The van der Waals surface area contributed by atoms with Crippen LogP contribution in [0.5, 0.6) is 16.7 Å². The minimum atomic E-state index is 0.216. The van der Waals surface area contributed by atoms with Crippen molar-refractivity contribution < 1.29 is 14.6 Å². The zero-order valence-corrected chi connectivity index (χ0v) is 14.5. The van der Waals surface area contributed by atoms with Gasteiger partial charge in [0, 0.05) is 12.8 Å². The van der Waals surface area contributed by atoms with Crippen LogP contribution in [0, 0.1) is 5.92 Å². The highest BCUT2D eigenvalue weighted by atomic mass is 32.1. The Morgan fingerprint density at radius 1 is 1.21 bits per heavy atom. The molecule has 0 spiro atoms. The number of ether oxygens (including phenoxy) is 1. The molecule has 0 amide bonds. The Morgan fingerprint density at radius 2 is 1.96 bits per heavy atom. The molecule has 3 rings (SSSR count). The number of thiazole rings is 1. The number of phenols is 1. The van der Waals surface area contributed by atoms with Crippen LogP contribution in [0.2, 0.25) is 0 Å². The van der Waals surface area contributed by atoms with Gasteiger partial charge in [-0.3, -0.25) is 4.79 Å². The van der Waals surface area contributed by atoms with E-state index in [1.54, 1.807) is 18.2 Å². The third kappa shape index (κ3) is 4.11. The molecule has 1 N–H and O–H groups in total. The lowest BCUT2D eigenvalue weighted by atomic mass is 10.0. The van der Waals surface area contributed by atoms with Gasteiger partial charge in [0.15, 0.2) is 0 Å². The number of aromatic nitrogens is 1. The number of hydrogen-bond donors (Lipinski definition) is 1. The van der Waals surface area contributed by atoms with E-state index in [4.69, 9.17) is 4.74 Å². The van der Waals surface area contributed by atoms with Crippen molar-refractivity contribution in [1.29, 1.82) is 0 Å². The van der Waals surface area contributed by atoms with E-state index in [0.717, 1.165) is 15.8 Å². The fourth-order valence-electron chi connectivity index (χ4n) is 2.47. The van der Waals surface area contributed by atoms with Crippen molar-refractivity contribution in [1.82, 2.24) is 4.98 Å². The number of benzene rings is 2. The van der Waals surface area contributed by atoms with Gasteiger partial charge in [-0.1, -0.05) is 37.3 Å². The van der Waals surface area contributed by atoms with Crippen LogP contribution >= 0.6 is 11.3 Å². The number of carbonyl (C=O) groups is 1. The van der Waals surface area contributed by atoms with Gasteiger partial charge in [0.05, 0.1) is 10.2 Å². The zero-order chi connectivity index (χ0) is 17.1. The molecule has 4 nitrogen and oxygen atoms in total. The Hall–Kier alpha value is -2.40. The third-order valence-electron chi connectivity index (χ3n) is 3.52. The Balaban J connectivity index is 1.67. The SMILES string of the molecule is CC(C)CC(=O)Cc1ccc(Oc2nc3ccc(O)cc3s2)cc1. The van der Waals surface area contributed by atoms with Crippen molar-refractivity contribution in [3.8, 4) is 16.7 Å². The Kier molecular flexibility index (Phi) is 4.81. The van der Waals surface area contributed by atoms with Gasteiger partial charge in [0.25, 0.3) is 5.19 Å². The number of ketones is 1. The van der Waals surface area contributed by atoms with Gasteiger partial charge < -0.3 is 9.84 Å². The summed E-state index contributed by atoms with van der Waals surface area (Å²) >= 11 is 1.38. The number of carbonyl (C=O) groups excluding carboxylic acids is 1. The van der Waals surface area contributed by atoms with Crippen molar-refractivity contribution in [2.75, 3.05) is 0 Å². The highest BCUT2D eigenvalue weighted by Crippen LogP contribution is 2.33. The molecule has 1 heterocycles. The van der Waals surface area contributed by atoms with Crippen LogP contribution in [0.1, 0.15) is 25.8 Å². The van der Waals surface area contributed by atoms with Gasteiger partial charge in [0.1, 0.15) is 17.3 Å². The minimum absolute atomic E-state index is 0.216. The van der Waals surface area contributed by atoms with Crippen molar-refractivity contribution in [2.24, 2.45) is 5.92 Å². The predicted molar refractivity (Wildman–Crippen MR) is 96.0 cm³/mol. The first-order chi connectivity index (χ1) is 11.5. The molecule has 0 saturated heterocycles. The molecule has 0 unspecified atom stereocenters. The van der Waals surface area contributed by atoms with Crippen molar-refractivity contribution in [2.45, 2.75) is 26.7 Å². The topological polar surface area (TPSA) is 59.4 Å². The lowest BCUT2D eigenvalue weighted by Crippen LogP contribution is -2.06. The van der Waals surface area contributed by atoms with Gasteiger partial charge in [-0.05, 0) is 41.8 Å². The van der Waals surface area contributed by atoms with Gasteiger partial charge in [-0.25, -0.2) is 4.98 Å². The van der Waals surface area contributed by atoms with Crippen LogP contribution in [0.25, 0.3) is 10.2 Å². The summed E-state index contributed by atoms with van der Waals surface area (Å²) in [7, 11) is 0. The lowest BCUT2D eigenvalue weighted by Gasteiger charge is -2.05. The fraction of sp³-hybridized carbons (Fsp3) is 0.263. The largest absolute Gasteiger partial charge is 0.508 e. The summed E-state index contributed by atoms with van der Waals surface area (Å²) in [5.41, 5.74) is 1.78. The maximum absolute atomic E-state index is 11.9. The summed E-state index contributed by atoms with van der Waals surface area (Å²) in [5, 5.41) is 10.0. The van der Waals surface area contributed by atoms with Crippen LogP contribution in [0.3, 0.4) is 0 Å². The van der Waals surface area contributed by atoms with Crippen molar-refractivity contribution in [3.63, 3.8) is 0 Å². The predicted octanol–water partition coefficient (Wildman–Crippen LogP) is 4.95. The second kappa shape index (κ2) is 7.01. The maximum Gasteiger partial charge on any atom is 0.279 e. The third-order valence-corrected chi connectivity index (χ3v) is 4.41. The van der Waals surface area contributed by atoms with Crippen LogP contribution < -0.4 is 4.74 Å². The normalized spacial score (nSPS) is 11.1. The summed E-state index contributed by atoms with van der Waals surface area (Å²) < 4.78 is 6.64. The molecule has 3 aromatic rings. The molecule has 0 radical (unpaired) electrons. The highest BCUT2D eigenvalue weighted by Gasteiger charge is 2.09. The van der Waals surface area contributed by atoms with Crippen LogP contribution in [-0.2, 0) is 11.2 Å². The second-order valence-electron chi connectivity index (χ2n) is 6.19. The molecule has 0 aliphatic heterocycles. The number of hydrogen-bond acceptors (Lipinski definition) is 5. The molecule has 124 valence electrons. The first-order valence-electron chi connectivity index (χ1n) is 7.87. The smallest absolute Gasteiger partial charge is 0.279 e. The number of rotatable bonds is 6. The number of nitrogens with zero attached hydrogens (tertiary/aromatic N) is 1. The molecule has 0 bridgehead atoms. The Bertz CT molecular complexity index is 853. The first kappa shape index (κ1) is 16.5. The van der Waals surface area contributed by atoms with E-state index in [-0.39, 0.29) is 11.5 Å². The average Bonchev–Trinajstić information content (AvgIpc) is 2.89. The fourth-order valence-corrected chi connectivity index (χ4v) is 3.34. The molecule has 1 aromatic heterocycles. The standard InChI is InChI=1S/C19H19NO3S/c1-12(2)9-15(22)10-13-3-6-16(7-4-13)23-19-20-17-8-5-14(21)11-18(17)24-19/h3-8,11-12,21H,9-10H2,1-2H3. The molecular weight excluding hydrogens is 322 g/mol. The summed E-state index contributed by atoms with van der Waals surface area (Å²) in [5.74, 6) is 1.54. The molecule has 0 atom stereocenters. The van der Waals surface area contributed by atoms with Gasteiger partial charge in [-0.2, -0.15) is 0 Å². The van der Waals surface area contributed by atoms with Crippen molar-refractivity contribution in [3.05, 3.63) is 48.0 Å². The van der Waals surface area contributed by atoms with Crippen molar-refractivity contribution >= 4 is 27.3 Å². The molecule has 0 saturated carbocycles. The summed E-state index contributed by atoms with van der Waals surface area (Å²) in [6, 6.07) is 12.6. The Labute approximate surface area is 144 Å². The minimum Gasteiger partial charge on any atom is -0.508 e. The summed E-state index contributed by atoms with van der Waals surface area (Å²) in [4.78, 5) is 16.2. The number of Topliss-reactive ketones (excluding diaryl/α,β-unsaturated/α-hetero) is 1. The number of fused-ring (bicyclic) bond motifs is 1. The van der Waals surface area contributed by atoms with E-state index >= 15 is 0 Å². The van der Waals surface area contributed by atoms with Gasteiger partial charge >= 0.3 is 0 Å². The van der Waals surface area contributed by atoms with Gasteiger partial charge in [-0.15, -0.1) is 0 Å². The molecular formula is C19H19NO3S. The van der Waals surface area contributed by atoms with E-state index in [1.165, 1.54) is 11.3 Å². The Morgan fingerprint density at radius 3 is 2.67 bits per heavy atom. The zero-order valence-electron chi connectivity index (χ0n) is 13.7. The monoisotopic (exact) mass is 341 g/mol. The molecule has 5 heteroatoms. The highest BCUT2D eigenvalue weighted by molar-refractivity contribution is 7.20. The maximum atomic E-state index is 11.9.